The number of hydrogen-bond acceptors (Lipinski definition) is 3. The number of fused-ring (bicyclic) bond motifs is 1. The summed E-state index contributed by atoms with van der Waals surface area (Å²) in [5, 5.41) is 0. The van der Waals surface area contributed by atoms with Crippen LogP contribution in [0.15, 0.2) is 0 Å². The molecule has 3 heteroatoms. The number of esters is 1. The van der Waals surface area contributed by atoms with E-state index in [1.807, 2.05) is 0 Å². The van der Waals surface area contributed by atoms with Crippen LogP contribution in [0, 0.1) is 11.8 Å². The number of rotatable bonds is 3. The smallest absolute Gasteiger partial charge is 0.308 e. The van der Waals surface area contributed by atoms with Crippen LogP contribution in [0.1, 0.15) is 39.5 Å². The van der Waals surface area contributed by atoms with Crippen LogP contribution in [0.5, 0.6) is 0 Å². The molecule has 15 heavy (non-hydrogen) atoms. The number of epoxide rings is 1. The summed E-state index contributed by atoms with van der Waals surface area (Å²) in [6, 6.07) is 0. The van der Waals surface area contributed by atoms with Gasteiger partial charge in [-0.2, -0.15) is 0 Å². The van der Waals surface area contributed by atoms with Crippen molar-refractivity contribution in [3.8, 4) is 0 Å². The van der Waals surface area contributed by atoms with Gasteiger partial charge in [0.1, 0.15) is 5.60 Å². The topological polar surface area (TPSA) is 38.8 Å². The Morgan fingerprint density at radius 3 is 2.87 bits per heavy atom. The lowest BCUT2D eigenvalue weighted by molar-refractivity contribution is -0.142. The van der Waals surface area contributed by atoms with Crippen molar-refractivity contribution in [3.63, 3.8) is 0 Å². The zero-order valence-corrected chi connectivity index (χ0v) is 9.79. The van der Waals surface area contributed by atoms with E-state index < -0.39 is 0 Å². The summed E-state index contributed by atoms with van der Waals surface area (Å²) >= 11 is 0. The second-order valence-corrected chi connectivity index (χ2v) is 5.20. The molecule has 1 saturated carbocycles. The Kier molecular flexibility index (Phi) is 2.75. The largest absolute Gasteiger partial charge is 0.469 e. The molecule has 2 fully saturated rings. The standard InChI is InChI=1S/C12H20O3/c1-8(2)9-4-5-12(7-11(13)14-3)10(6-9)15-12/h8-10H,4-7H2,1-3H3/t9-,10+,12+/m0/s1. The maximum absolute atomic E-state index is 11.2. The van der Waals surface area contributed by atoms with Crippen LogP contribution in [0.4, 0.5) is 0 Å². The number of methoxy groups -OCH3 is 1. The van der Waals surface area contributed by atoms with Gasteiger partial charge in [0.15, 0.2) is 0 Å². The second-order valence-electron chi connectivity index (χ2n) is 5.20. The summed E-state index contributed by atoms with van der Waals surface area (Å²) in [4.78, 5) is 11.2. The van der Waals surface area contributed by atoms with Gasteiger partial charge in [0.2, 0.25) is 0 Å². The molecule has 2 rings (SSSR count). The average Bonchev–Trinajstić information content (AvgIpc) is 2.90. The summed E-state index contributed by atoms with van der Waals surface area (Å²) in [6.45, 7) is 4.53. The Hall–Kier alpha value is -0.570. The van der Waals surface area contributed by atoms with E-state index in [0.29, 0.717) is 12.5 Å². The molecule has 86 valence electrons. The predicted molar refractivity (Wildman–Crippen MR) is 56.4 cm³/mol. The Labute approximate surface area is 91.1 Å². The van der Waals surface area contributed by atoms with Gasteiger partial charge in [-0.3, -0.25) is 4.79 Å². The molecule has 1 aliphatic heterocycles. The molecule has 1 saturated heterocycles. The van der Waals surface area contributed by atoms with Gasteiger partial charge in [-0.15, -0.1) is 0 Å². The third kappa shape index (κ3) is 2.03. The number of ether oxygens (including phenoxy) is 2. The minimum atomic E-state index is -0.140. The van der Waals surface area contributed by atoms with E-state index in [1.165, 1.54) is 13.5 Å². The normalized spacial score (nSPS) is 38.7. The van der Waals surface area contributed by atoms with Gasteiger partial charge in [-0.1, -0.05) is 13.8 Å². The molecule has 1 aliphatic carbocycles. The molecule has 0 aromatic carbocycles. The molecule has 0 amide bonds. The SMILES string of the molecule is COC(=O)C[C@]12CC[C@H](C(C)C)C[C@H]1O2. The van der Waals surface area contributed by atoms with E-state index in [-0.39, 0.29) is 11.6 Å². The Morgan fingerprint density at radius 2 is 2.33 bits per heavy atom. The molecular formula is C12H20O3. The zero-order chi connectivity index (χ0) is 11.1. The van der Waals surface area contributed by atoms with Gasteiger partial charge >= 0.3 is 5.97 Å². The molecule has 3 atom stereocenters. The van der Waals surface area contributed by atoms with Crippen molar-refractivity contribution in [2.24, 2.45) is 11.8 Å². The highest BCUT2D eigenvalue weighted by molar-refractivity contribution is 5.71. The van der Waals surface area contributed by atoms with Crippen molar-refractivity contribution in [1.82, 2.24) is 0 Å². The first kappa shape index (κ1) is 10.9. The third-order valence-electron chi connectivity index (χ3n) is 3.98. The molecule has 0 aromatic rings. The Bertz CT molecular complexity index is 262. The Morgan fingerprint density at radius 1 is 1.60 bits per heavy atom. The molecule has 0 aromatic heterocycles. The van der Waals surface area contributed by atoms with Crippen LogP contribution in [-0.4, -0.2) is 24.8 Å². The first-order valence-electron chi connectivity index (χ1n) is 5.82. The quantitative estimate of drug-likeness (QED) is 0.531. The molecule has 1 heterocycles. The fourth-order valence-corrected chi connectivity index (χ4v) is 2.72. The van der Waals surface area contributed by atoms with Crippen molar-refractivity contribution in [2.75, 3.05) is 7.11 Å². The van der Waals surface area contributed by atoms with Gasteiger partial charge in [0.05, 0.1) is 19.6 Å². The molecule has 3 nitrogen and oxygen atoms in total. The van der Waals surface area contributed by atoms with Crippen molar-refractivity contribution < 1.29 is 14.3 Å². The van der Waals surface area contributed by atoms with E-state index in [4.69, 9.17) is 9.47 Å². The predicted octanol–water partition coefficient (Wildman–Crippen LogP) is 2.14. The van der Waals surface area contributed by atoms with Gasteiger partial charge in [0.25, 0.3) is 0 Å². The summed E-state index contributed by atoms with van der Waals surface area (Å²) in [6.07, 6.45) is 4.09. The number of carbonyl (C=O) groups is 1. The fraction of sp³-hybridized carbons (Fsp3) is 0.917. The minimum Gasteiger partial charge on any atom is -0.469 e. The van der Waals surface area contributed by atoms with Crippen molar-refractivity contribution in [3.05, 3.63) is 0 Å². The van der Waals surface area contributed by atoms with E-state index >= 15 is 0 Å². The van der Waals surface area contributed by atoms with Gasteiger partial charge in [-0.05, 0) is 31.1 Å². The van der Waals surface area contributed by atoms with E-state index in [1.54, 1.807) is 0 Å². The summed E-state index contributed by atoms with van der Waals surface area (Å²) in [7, 11) is 1.44. The van der Waals surface area contributed by atoms with Crippen LogP contribution in [0.3, 0.4) is 0 Å². The van der Waals surface area contributed by atoms with Crippen LogP contribution in [-0.2, 0) is 14.3 Å². The highest BCUT2D eigenvalue weighted by atomic mass is 16.6. The maximum atomic E-state index is 11.2. The zero-order valence-electron chi connectivity index (χ0n) is 9.79. The molecule has 0 unspecified atom stereocenters. The van der Waals surface area contributed by atoms with Gasteiger partial charge < -0.3 is 9.47 Å². The second kappa shape index (κ2) is 3.78. The van der Waals surface area contributed by atoms with Crippen LogP contribution < -0.4 is 0 Å². The first-order chi connectivity index (χ1) is 7.07. The summed E-state index contributed by atoms with van der Waals surface area (Å²) in [5.41, 5.74) is -0.140. The van der Waals surface area contributed by atoms with E-state index in [0.717, 1.165) is 24.7 Å². The fourth-order valence-electron chi connectivity index (χ4n) is 2.72. The molecule has 2 aliphatic rings. The van der Waals surface area contributed by atoms with Crippen molar-refractivity contribution in [2.45, 2.75) is 51.2 Å². The van der Waals surface area contributed by atoms with Gasteiger partial charge in [-0.25, -0.2) is 0 Å². The third-order valence-corrected chi connectivity index (χ3v) is 3.98. The molecular weight excluding hydrogens is 192 g/mol. The number of carbonyl (C=O) groups excluding carboxylic acids is 1. The highest BCUT2D eigenvalue weighted by Crippen LogP contribution is 2.53. The molecule has 0 radical (unpaired) electrons. The lowest BCUT2D eigenvalue weighted by Crippen LogP contribution is -2.29. The first-order valence-corrected chi connectivity index (χ1v) is 5.82. The minimum absolute atomic E-state index is 0.138. The van der Waals surface area contributed by atoms with Gasteiger partial charge in [0, 0.05) is 0 Å². The van der Waals surface area contributed by atoms with Crippen LogP contribution in [0.2, 0.25) is 0 Å². The van der Waals surface area contributed by atoms with E-state index in [9.17, 15) is 4.79 Å². The summed E-state index contributed by atoms with van der Waals surface area (Å²) < 4.78 is 10.4. The maximum Gasteiger partial charge on any atom is 0.308 e. The highest BCUT2D eigenvalue weighted by Gasteiger charge is 2.60. The van der Waals surface area contributed by atoms with Crippen LogP contribution >= 0.6 is 0 Å². The molecule has 0 bridgehead atoms. The lowest BCUT2D eigenvalue weighted by atomic mass is 9.76. The lowest BCUT2D eigenvalue weighted by Gasteiger charge is -2.26. The molecule has 0 spiro atoms. The van der Waals surface area contributed by atoms with Crippen LogP contribution in [0.25, 0.3) is 0 Å². The van der Waals surface area contributed by atoms with Crippen molar-refractivity contribution in [1.29, 1.82) is 0 Å². The van der Waals surface area contributed by atoms with E-state index in [2.05, 4.69) is 13.8 Å². The van der Waals surface area contributed by atoms with Crippen molar-refractivity contribution >= 4 is 5.97 Å². The average molecular weight is 212 g/mol. The molecule has 0 N–H and O–H groups in total. The summed E-state index contributed by atoms with van der Waals surface area (Å²) in [5.74, 6) is 1.36. The Balaban J connectivity index is 1.89. The number of hydrogen-bond donors (Lipinski definition) is 0. The monoisotopic (exact) mass is 212 g/mol.